The van der Waals surface area contributed by atoms with Gasteiger partial charge in [0, 0.05) is 41.6 Å². The lowest BCUT2D eigenvalue weighted by Crippen LogP contribution is -2.38. The highest BCUT2D eigenvalue weighted by Crippen LogP contribution is 2.30. The van der Waals surface area contributed by atoms with Crippen LogP contribution in [0.3, 0.4) is 0 Å². The Morgan fingerprint density at radius 1 is 1.10 bits per heavy atom. The monoisotopic (exact) mass is 427 g/mol. The summed E-state index contributed by atoms with van der Waals surface area (Å²) in [6.45, 7) is 2.13. The van der Waals surface area contributed by atoms with Gasteiger partial charge in [-0.2, -0.15) is 0 Å². The van der Waals surface area contributed by atoms with Gasteiger partial charge in [-0.05, 0) is 51.3 Å². The van der Waals surface area contributed by atoms with Crippen molar-refractivity contribution in [1.29, 1.82) is 0 Å². The SMILES string of the molecule is COC(=O)C1CCC(NC(=O)c2ccc(-c3nc4c(s3)CCN(C)CC4)cc2)CC1. The molecule has 7 heteroatoms. The molecule has 0 saturated heterocycles. The van der Waals surface area contributed by atoms with E-state index < -0.39 is 0 Å². The minimum Gasteiger partial charge on any atom is -0.469 e. The minimum absolute atomic E-state index is 0.0312. The van der Waals surface area contributed by atoms with Gasteiger partial charge < -0.3 is 15.0 Å². The molecule has 0 bridgehead atoms. The number of amides is 1. The summed E-state index contributed by atoms with van der Waals surface area (Å²) in [4.78, 5) is 32.9. The second kappa shape index (κ2) is 9.27. The fourth-order valence-corrected chi connectivity index (χ4v) is 5.37. The number of nitrogens with zero attached hydrogens (tertiary/aromatic N) is 2. The molecule has 1 aromatic carbocycles. The average Bonchev–Trinajstić information content (AvgIpc) is 3.11. The molecule has 4 rings (SSSR count). The largest absolute Gasteiger partial charge is 0.469 e. The van der Waals surface area contributed by atoms with Crippen LogP contribution in [0.5, 0.6) is 0 Å². The predicted molar refractivity (Wildman–Crippen MR) is 118 cm³/mol. The Balaban J connectivity index is 1.35. The van der Waals surface area contributed by atoms with Gasteiger partial charge in [-0.1, -0.05) is 12.1 Å². The van der Waals surface area contributed by atoms with Crippen molar-refractivity contribution in [3.63, 3.8) is 0 Å². The number of hydrogen-bond donors (Lipinski definition) is 1. The Bertz CT molecular complexity index is 875. The van der Waals surface area contributed by atoms with Crippen LogP contribution >= 0.6 is 11.3 Å². The van der Waals surface area contributed by atoms with Crippen LogP contribution in [0.1, 0.15) is 46.6 Å². The van der Waals surface area contributed by atoms with Crippen LogP contribution in [-0.4, -0.2) is 55.0 Å². The van der Waals surface area contributed by atoms with Crippen molar-refractivity contribution in [2.75, 3.05) is 27.2 Å². The van der Waals surface area contributed by atoms with E-state index in [0.717, 1.165) is 62.2 Å². The fraction of sp³-hybridized carbons (Fsp3) is 0.522. The molecule has 2 aromatic rings. The summed E-state index contributed by atoms with van der Waals surface area (Å²) < 4.78 is 4.83. The summed E-state index contributed by atoms with van der Waals surface area (Å²) in [5.41, 5.74) is 2.95. The van der Waals surface area contributed by atoms with Gasteiger partial charge in [-0.3, -0.25) is 9.59 Å². The van der Waals surface area contributed by atoms with Crippen LogP contribution in [-0.2, 0) is 22.4 Å². The lowest BCUT2D eigenvalue weighted by Gasteiger charge is -2.27. The maximum atomic E-state index is 12.6. The van der Waals surface area contributed by atoms with Gasteiger partial charge in [0.15, 0.2) is 0 Å². The van der Waals surface area contributed by atoms with E-state index in [0.29, 0.717) is 5.56 Å². The van der Waals surface area contributed by atoms with Crippen molar-refractivity contribution in [2.45, 2.75) is 44.6 Å². The highest BCUT2D eigenvalue weighted by Gasteiger charge is 2.27. The van der Waals surface area contributed by atoms with Crippen molar-refractivity contribution in [1.82, 2.24) is 15.2 Å². The lowest BCUT2D eigenvalue weighted by atomic mass is 9.86. The third kappa shape index (κ3) is 4.73. The third-order valence-electron chi connectivity index (χ3n) is 6.22. The molecule has 30 heavy (non-hydrogen) atoms. The lowest BCUT2D eigenvalue weighted by molar-refractivity contribution is -0.146. The first-order chi connectivity index (χ1) is 14.5. The fourth-order valence-electron chi connectivity index (χ4n) is 4.27. The molecule has 160 valence electrons. The van der Waals surface area contributed by atoms with Gasteiger partial charge in [0.2, 0.25) is 0 Å². The number of benzene rings is 1. The second-order valence-corrected chi connectivity index (χ2v) is 9.40. The zero-order chi connectivity index (χ0) is 21.1. The highest BCUT2D eigenvalue weighted by molar-refractivity contribution is 7.15. The smallest absolute Gasteiger partial charge is 0.308 e. The summed E-state index contributed by atoms with van der Waals surface area (Å²) in [5.74, 6) is -0.223. The Labute approximate surface area is 181 Å². The Morgan fingerprint density at radius 2 is 1.80 bits per heavy atom. The number of carbonyl (C=O) groups excluding carboxylic acids is 2. The predicted octanol–water partition coefficient (Wildman–Crippen LogP) is 3.30. The summed E-state index contributed by atoms with van der Waals surface area (Å²) in [7, 11) is 3.59. The Hall–Kier alpha value is -2.25. The van der Waals surface area contributed by atoms with Crippen LogP contribution in [0, 0.1) is 5.92 Å². The molecule has 2 aliphatic rings. The molecule has 1 saturated carbocycles. The first-order valence-corrected chi connectivity index (χ1v) is 11.5. The Kier molecular flexibility index (Phi) is 6.49. The van der Waals surface area contributed by atoms with Gasteiger partial charge in [0.25, 0.3) is 5.91 Å². The van der Waals surface area contributed by atoms with Crippen molar-refractivity contribution in [2.24, 2.45) is 5.92 Å². The molecule has 1 aliphatic heterocycles. The molecule has 6 nitrogen and oxygen atoms in total. The first kappa shape index (κ1) is 21.0. The number of carbonyl (C=O) groups is 2. The molecule has 1 amide bonds. The van der Waals surface area contributed by atoms with E-state index in [-0.39, 0.29) is 23.8 Å². The topological polar surface area (TPSA) is 71.5 Å². The highest BCUT2D eigenvalue weighted by atomic mass is 32.1. The van der Waals surface area contributed by atoms with E-state index >= 15 is 0 Å². The second-order valence-electron chi connectivity index (χ2n) is 8.31. The number of ether oxygens (including phenoxy) is 1. The van der Waals surface area contributed by atoms with E-state index in [1.807, 2.05) is 24.3 Å². The summed E-state index contributed by atoms with van der Waals surface area (Å²) in [6, 6.07) is 7.86. The summed E-state index contributed by atoms with van der Waals surface area (Å²) >= 11 is 1.77. The normalized spacial score (nSPS) is 22.1. The molecule has 0 unspecified atom stereocenters. The zero-order valence-electron chi connectivity index (χ0n) is 17.6. The number of fused-ring (bicyclic) bond motifs is 1. The maximum Gasteiger partial charge on any atom is 0.308 e. The molecule has 1 aromatic heterocycles. The average molecular weight is 428 g/mol. The number of rotatable bonds is 4. The van der Waals surface area contributed by atoms with E-state index in [9.17, 15) is 9.59 Å². The minimum atomic E-state index is -0.137. The van der Waals surface area contributed by atoms with Crippen LogP contribution in [0.4, 0.5) is 0 Å². The quantitative estimate of drug-likeness (QED) is 0.758. The number of likely N-dealkylation sites (N-methyl/N-ethyl adjacent to an activating group) is 1. The number of esters is 1. The zero-order valence-corrected chi connectivity index (χ0v) is 18.5. The molecule has 1 fully saturated rings. The van der Waals surface area contributed by atoms with Gasteiger partial charge in [0.1, 0.15) is 5.01 Å². The molecular weight excluding hydrogens is 398 g/mol. The van der Waals surface area contributed by atoms with Gasteiger partial charge in [-0.15, -0.1) is 11.3 Å². The van der Waals surface area contributed by atoms with Gasteiger partial charge >= 0.3 is 5.97 Å². The number of nitrogens with one attached hydrogen (secondary N) is 1. The van der Waals surface area contributed by atoms with Gasteiger partial charge in [-0.25, -0.2) is 4.98 Å². The van der Waals surface area contributed by atoms with E-state index in [1.54, 1.807) is 11.3 Å². The van der Waals surface area contributed by atoms with E-state index in [4.69, 9.17) is 9.72 Å². The van der Waals surface area contributed by atoms with Gasteiger partial charge in [0.05, 0.1) is 18.7 Å². The van der Waals surface area contributed by atoms with Crippen LogP contribution < -0.4 is 5.32 Å². The number of aromatic nitrogens is 1. The summed E-state index contributed by atoms with van der Waals surface area (Å²) in [5, 5.41) is 4.15. The van der Waals surface area contributed by atoms with E-state index in [2.05, 4.69) is 17.3 Å². The molecule has 2 heterocycles. The number of thiazole rings is 1. The first-order valence-electron chi connectivity index (χ1n) is 10.7. The molecule has 0 radical (unpaired) electrons. The molecule has 1 N–H and O–H groups in total. The van der Waals surface area contributed by atoms with Crippen molar-refractivity contribution < 1.29 is 14.3 Å². The van der Waals surface area contributed by atoms with E-state index in [1.165, 1.54) is 17.7 Å². The van der Waals surface area contributed by atoms with Crippen LogP contribution in [0.15, 0.2) is 24.3 Å². The van der Waals surface area contributed by atoms with Crippen molar-refractivity contribution in [3.8, 4) is 10.6 Å². The molecule has 1 aliphatic carbocycles. The third-order valence-corrected chi connectivity index (χ3v) is 7.43. The van der Waals surface area contributed by atoms with Crippen molar-refractivity contribution >= 4 is 23.2 Å². The Morgan fingerprint density at radius 3 is 2.50 bits per heavy atom. The maximum absolute atomic E-state index is 12.6. The van der Waals surface area contributed by atoms with Crippen LogP contribution in [0.25, 0.3) is 10.6 Å². The van der Waals surface area contributed by atoms with Crippen LogP contribution in [0.2, 0.25) is 0 Å². The summed E-state index contributed by atoms with van der Waals surface area (Å²) in [6.07, 6.45) is 5.21. The molecular formula is C23H29N3O3S. The number of hydrogen-bond acceptors (Lipinski definition) is 6. The number of methoxy groups -OCH3 is 1. The molecule has 0 spiro atoms. The van der Waals surface area contributed by atoms with Crippen molar-refractivity contribution in [3.05, 3.63) is 40.4 Å². The standard InChI is InChI=1S/C23H29N3O3S/c1-26-13-11-19-20(12-14-26)30-22(25-19)16-5-3-15(4-6-16)21(27)24-18-9-7-17(8-10-18)23(28)29-2/h3-6,17-18H,7-14H2,1-2H3,(H,24,27). The molecule has 0 atom stereocenters.